The van der Waals surface area contributed by atoms with Gasteiger partial charge in [0.25, 0.3) is 0 Å². The van der Waals surface area contributed by atoms with Gasteiger partial charge in [0.2, 0.25) is 0 Å². The third kappa shape index (κ3) is 3.77. The number of hydrogen-bond acceptors (Lipinski definition) is 4. The molecule has 1 aliphatic heterocycles. The molecular weight excluding hydrogens is 339 g/mol. The number of halogens is 2. The number of benzene rings is 1. The van der Waals surface area contributed by atoms with Gasteiger partial charge in [0.15, 0.2) is 0 Å². The standard InChI is InChI=1S/C19H24ClFN4/c1-11-12(2)23-13(3)24-19(11)22-10-15-7-8-25(4)18(15)14-5-6-16(20)17(21)9-14/h5-6,9,15,18H,7-8,10H2,1-4H3,(H,22,23,24). The summed E-state index contributed by atoms with van der Waals surface area (Å²) in [5.41, 5.74) is 3.04. The Labute approximate surface area is 153 Å². The predicted octanol–water partition coefficient (Wildman–Crippen LogP) is 4.30. The van der Waals surface area contributed by atoms with E-state index in [4.69, 9.17) is 11.6 Å². The van der Waals surface area contributed by atoms with Crippen molar-refractivity contribution in [3.8, 4) is 0 Å². The Hall–Kier alpha value is -1.72. The fraction of sp³-hybridized carbons (Fsp3) is 0.474. The Morgan fingerprint density at radius 2 is 2.04 bits per heavy atom. The predicted molar refractivity (Wildman–Crippen MR) is 99.6 cm³/mol. The SMILES string of the molecule is Cc1nc(C)c(C)c(NCC2CCN(C)C2c2ccc(Cl)c(F)c2)n1. The smallest absolute Gasteiger partial charge is 0.142 e. The van der Waals surface area contributed by atoms with Crippen molar-refractivity contribution in [1.82, 2.24) is 14.9 Å². The normalized spacial score (nSPS) is 20.9. The van der Waals surface area contributed by atoms with Crippen molar-refractivity contribution in [1.29, 1.82) is 0 Å². The first-order chi connectivity index (χ1) is 11.9. The van der Waals surface area contributed by atoms with Crippen molar-refractivity contribution in [2.24, 2.45) is 5.92 Å². The molecule has 4 nitrogen and oxygen atoms in total. The molecule has 0 spiro atoms. The van der Waals surface area contributed by atoms with Crippen molar-refractivity contribution >= 4 is 17.4 Å². The van der Waals surface area contributed by atoms with Crippen LogP contribution in [0.3, 0.4) is 0 Å². The zero-order chi connectivity index (χ0) is 18.1. The highest BCUT2D eigenvalue weighted by molar-refractivity contribution is 6.30. The van der Waals surface area contributed by atoms with Crippen molar-refractivity contribution in [3.05, 3.63) is 51.7 Å². The Kier molecular flexibility index (Phi) is 5.25. The molecule has 2 aromatic rings. The van der Waals surface area contributed by atoms with Crippen molar-refractivity contribution in [2.75, 3.05) is 25.5 Å². The third-order valence-corrected chi connectivity index (χ3v) is 5.40. The van der Waals surface area contributed by atoms with Crippen molar-refractivity contribution in [2.45, 2.75) is 33.2 Å². The molecule has 134 valence electrons. The minimum Gasteiger partial charge on any atom is -0.369 e. The first-order valence-electron chi connectivity index (χ1n) is 8.57. The average molecular weight is 363 g/mol. The summed E-state index contributed by atoms with van der Waals surface area (Å²) in [6.45, 7) is 7.71. The number of nitrogens with one attached hydrogen (secondary N) is 1. The number of anilines is 1. The molecule has 2 heterocycles. The van der Waals surface area contributed by atoms with Crippen LogP contribution in [0.2, 0.25) is 5.02 Å². The maximum absolute atomic E-state index is 13.9. The third-order valence-electron chi connectivity index (χ3n) is 5.09. The van der Waals surface area contributed by atoms with Crippen LogP contribution in [-0.4, -0.2) is 35.0 Å². The van der Waals surface area contributed by atoms with Gasteiger partial charge in [0, 0.05) is 23.8 Å². The van der Waals surface area contributed by atoms with E-state index < -0.39 is 0 Å². The molecule has 0 aliphatic carbocycles. The second-order valence-electron chi connectivity index (χ2n) is 6.86. The Bertz CT molecular complexity index is 780. The Morgan fingerprint density at radius 3 is 2.76 bits per heavy atom. The molecule has 0 bridgehead atoms. The number of aryl methyl sites for hydroxylation is 2. The number of likely N-dealkylation sites (tertiary alicyclic amines) is 1. The second-order valence-corrected chi connectivity index (χ2v) is 7.27. The largest absolute Gasteiger partial charge is 0.369 e. The number of aromatic nitrogens is 2. The summed E-state index contributed by atoms with van der Waals surface area (Å²) in [5.74, 6) is 1.68. The molecule has 1 fully saturated rings. The molecule has 0 radical (unpaired) electrons. The Balaban J connectivity index is 1.78. The lowest BCUT2D eigenvalue weighted by Gasteiger charge is -2.26. The molecule has 3 rings (SSSR count). The molecule has 1 N–H and O–H groups in total. The van der Waals surface area contributed by atoms with Gasteiger partial charge < -0.3 is 5.32 Å². The molecule has 2 atom stereocenters. The van der Waals surface area contributed by atoms with Crippen LogP contribution in [0.25, 0.3) is 0 Å². The van der Waals surface area contributed by atoms with E-state index in [-0.39, 0.29) is 16.9 Å². The molecule has 2 unspecified atom stereocenters. The fourth-order valence-electron chi connectivity index (χ4n) is 3.63. The zero-order valence-corrected chi connectivity index (χ0v) is 15.9. The highest BCUT2D eigenvalue weighted by atomic mass is 35.5. The van der Waals surface area contributed by atoms with Crippen LogP contribution in [0.4, 0.5) is 10.2 Å². The van der Waals surface area contributed by atoms with E-state index in [1.807, 2.05) is 26.8 Å². The van der Waals surface area contributed by atoms with Gasteiger partial charge in [-0.15, -0.1) is 0 Å². The van der Waals surface area contributed by atoms with Crippen molar-refractivity contribution < 1.29 is 4.39 Å². The monoisotopic (exact) mass is 362 g/mol. The van der Waals surface area contributed by atoms with E-state index in [0.717, 1.165) is 48.0 Å². The molecular formula is C19H24ClFN4. The number of hydrogen-bond donors (Lipinski definition) is 1. The lowest BCUT2D eigenvalue weighted by Crippen LogP contribution is -2.25. The summed E-state index contributed by atoms with van der Waals surface area (Å²) in [4.78, 5) is 11.2. The van der Waals surface area contributed by atoms with E-state index in [0.29, 0.717) is 5.92 Å². The summed E-state index contributed by atoms with van der Waals surface area (Å²) >= 11 is 5.83. The van der Waals surface area contributed by atoms with E-state index in [1.54, 1.807) is 12.1 Å². The Morgan fingerprint density at radius 1 is 1.28 bits per heavy atom. The minimum atomic E-state index is -0.357. The zero-order valence-electron chi connectivity index (χ0n) is 15.1. The van der Waals surface area contributed by atoms with Gasteiger partial charge in [-0.1, -0.05) is 17.7 Å². The molecule has 1 aromatic heterocycles. The second kappa shape index (κ2) is 7.26. The van der Waals surface area contributed by atoms with E-state index >= 15 is 0 Å². The minimum absolute atomic E-state index is 0.168. The maximum Gasteiger partial charge on any atom is 0.142 e. The van der Waals surface area contributed by atoms with Gasteiger partial charge in [0.1, 0.15) is 17.5 Å². The van der Waals surface area contributed by atoms with Crippen LogP contribution < -0.4 is 5.32 Å². The topological polar surface area (TPSA) is 41.1 Å². The van der Waals surface area contributed by atoms with Crippen LogP contribution >= 0.6 is 11.6 Å². The van der Waals surface area contributed by atoms with Crippen LogP contribution in [0.1, 0.15) is 35.1 Å². The summed E-state index contributed by atoms with van der Waals surface area (Å²) in [6.07, 6.45) is 1.06. The van der Waals surface area contributed by atoms with Gasteiger partial charge in [-0.3, -0.25) is 4.90 Å². The maximum atomic E-state index is 13.9. The summed E-state index contributed by atoms with van der Waals surface area (Å²) in [7, 11) is 2.08. The van der Waals surface area contributed by atoms with Gasteiger partial charge in [0.05, 0.1) is 5.02 Å². The lowest BCUT2D eigenvalue weighted by atomic mass is 9.93. The average Bonchev–Trinajstić information content (AvgIpc) is 2.93. The highest BCUT2D eigenvalue weighted by Crippen LogP contribution is 2.37. The van der Waals surface area contributed by atoms with E-state index in [1.165, 1.54) is 0 Å². The molecule has 1 saturated heterocycles. The molecule has 1 aliphatic rings. The molecule has 25 heavy (non-hydrogen) atoms. The van der Waals surface area contributed by atoms with E-state index in [2.05, 4.69) is 27.2 Å². The summed E-state index contributed by atoms with van der Waals surface area (Å²) < 4.78 is 13.9. The quantitative estimate of drug-likeness (QED) is 0.880. The van der Waals surface area contributed by atoms with Crippen LogP contribution in [0.5, 0.6) is 0 Å². The lowest BCUT2D eigenvalue weighted by molar-refractivity contribution is 0.281. The summed E-state index contributed by atoms with van der Waals surface area (Å²) in [6, 6.07) is 5.30. The number of rotatable bonds is 4. The van der Waals surface area contributed by atoms with Gasteiger partial charge in [-0.25, -0.2) is 14.4 Å². The number of nitrogens with zero attached hydrogens (tertiary/aromatic N) is 3. The van der Waals surface area contributed by atoms with Crippen LogP contribution in [0.15, 0.2) is 18.2 Å². The summed E-state index contributed by atoms with van der Waals surface area (Å²) in [5, 5.41) is 3.65. The first kappa shape index (κ1) is 18.1. The van der Waals surface area contributed by atoms with Crippen LogP contribution in [0, 0.1) is 32.5 Å². The fourth-order valence-corrected chi connectivity index (χ4v) is 3.75. The highest BCUT2D eigenvalue weighted by Gasteiger charge is 2.33. The molecule has 0 amide bonds. The first-order valence-corrected chi connectivity index (χ1v) is 8.95. The molecule has 0 saturated carbocycles. The van der Waals surface area contributed by atoms with Crippen molar-refractivity contribution in [3.63, 3.8) is 0 Å². The van der Waals surface area contributed by atoms with E-state index in [9.17, 15) is 4.39 Å². The van der Waals surface area contributed by atoms with Gasteiger partial charge in [-0.05, 0) is 64.4 Å². The van der Waals surface area contributed by atoms with Gasteiger partial charge >= 0.3 is 0 Å². The van der Waals surface area contributed by atoms with Crippen LogP contribution in [-0.2, 0) is 0 Å². The van der Waals surface area contributed by atoms with Gasteiger partial charge in [-0.2, -0.15) is 0 Å². The molecule has 6 heteroatoms. The molecule has 1 aromatic carbocycles.